The number of hydrogen-bond donors (Lipinski definition) is 0. The summed E-state index contributed by atoms with van der Waals surface area (Å²) >= 11 is 0. The quantitative estimate of drug-likeness (QED) is 0.175. The minimum atomic E-state index is 0.657. The molecule has 0 spiro atoms. The first kappa shape index (κ1) is 29.6. The number of hydrogen-bond acceptors (Lipinski definition) is 5. The molecule has 5 heteroatoms. The van der Waals surface area contributed by atoms with E-state index in [1.807, 2.05) is 85.2 Å². The number of para-hydroxylation sites is 1. The Morgan fingerprint density at radius 1 is 0.404 bits per heavy atom. The second kappa shape index (κ2) is 11.9. The van der Waals surface area contributed by atoms with Crippen LogP contribution >= 0.6 is 0 Å². The molecule has 0 atom stereocenters. The van der Waals surface area contributed by atoms with E-state index in [2.05, 4.69) is 84.9 Å². The summed E-state index contributed by atoms with van der Waals surface area (Å²) in [5, 5.41) is 17.1. The van der Waals surface area contributed by atoms with Crippen molar-refractivity contribution in [2.75, 3.05) is 0 Å². The highest BCUT2D eigenvalue weighted by Crippen LogP contribution is 2.43. The molecule has 240 valence electrons. The molecule has 10 aromatic rings. The molecule has 0 fully saturated rings. The Hall–Kier alpha value is -7.29. The average molecular weight is 662 g/mol. The Morgan fingerprint density at radius 3 is 1.79 bits per heavy atom. The summed E-state index contributed by atoms with van der Waals surface area (Å²) in [6, 6.07) is 54.2. The van der Waals surface area contributed by atoms with Gasteiger partial charge in [-0.1, -0.05) is 109 Å². The largest absolute Gasteiger partial charge is 0.256 e. The molecule has 7 aromatic carbocycles. The van der Waals surface area contributed by atoms with Gasteiger partial charge in [0.15, 0.2) is 5.82 Å². The maximum atomic E-state index is 9.86. The third-order valence-electron chi connectivity index (χ3n) is 9.99. The summed E-state index contributed by atoms with van der Waals surface area (Å²) in [5.41, 5.74) is 10.4. The molecule has 0 saturated heterocycles. The van der Waals surface area contributed by atoms with Crippen LogP contribution in [-0.2, 0) is 0 Å². The van der Waals surface area contributed by atoms with Crippen LogP contribution in [0.5, 0.6) is 0 Å². The van der Waals surface area contributed by atoms with E-state index in [-0.39, 0.29) is 0 Å². The van der Waals surface area contributed by atoms with Crippen LogP contribution in [0.3, 0.4) is 0 Å². The maximum absolute atomic E-state index is 9.86. The van der Waals surface area contributed by atoms with Crippen molar-refractivity contribution in [3.63, 3.8) is 0 Å². The molecule has 0 bridgehead atoms. The minimum Gasteiger partial charge on any atom is -0.256 e. The number of aromatic nitrogens is 4. The SMILES string of the molecule is N#Cc1ccc(-c2cc3c4cccnc4c(-c4cccc(-c5nc(-c6ccccc6)c6ccccc6n5)c4)cc3c3cccnc23)c2ccccc12. The molecular weight excluding hydrogens is 635 g/mol. The number of nitrogens with zero attached hydrogens (tertiary/aromatic N) is 5. The number of rotatable bonds is 4. The number of fused-ring (bicyclic) bond motifs is 7. The molecule has 0 aliphatic heterocycles. The van der Waals surface area contributed by atoms with Gasteiger partial charge in [0.1, 0.15) is 0 Å². The summed E-state index contributed by atoms with van der Waals surface area (Å²) < 4.78 is 0. The maximum Gasteiger partial charge on any atom is 0.160 e. The van der Waals surface area contributed by atoms with Crippen LogP contribution in [0.15, 0.2) is 164 Å². The smallest absolute Gasteiger partial charge is 0.160 e. The molecular formula is C47H27N5. The van der Waals surface area contributed by atoms with Gasteiger partial charge in [0.2, 0.25) is 0 Å². The van der Waals surface area contributed by atoms with Crippen molar-refractivity contribution in [3.05, 3.63) is 170 Å². The third kappa shape index (κ3) is 4.70. The summed E-state index contributed by atoms with van der Waals surface area (Å²) in [6.45, 7) is 0. The van der Waals surface area contributed by atoms with Gasteiger partial charge in [-0.3, -0.25) is 9.97 Å². The van der Waals surface area contributed by atoms with E-state index >= 15 is 0 Å². The topological polar surface area (TPSA) is 75.3 Å². The standard InChI is InChI=1S/C47H27N5/c48-28-32-21-22-35(34-16-5-4-15-33(32)34)42-27-41-36-18-9-23-49-45(36)39(26-40(41)37-19-10-24-50-46(37)42)30-13-8-14-31(25-30)47-51-43-20-7-6-17-38(43)44(52-47)29-11-2-1-3-12-29/h1-27H. The fraction of sp³-hybridized carbons (Fsp3) is 0. The molecule has 10 rings (SSSR count). The van der Waals surface area contributed by atoms with E-state index in [0.29, 0.717) is 11.4 Å². The summed E-state index contributed by atoms with van der Waals surface area (Å²) in [4.78, 5) is 20.1. The molecule has 3 aromatic heterocycles. The lowest BCUT2D eigenvalue weighted by atomic mass is 9.88. The minimum absolute atomic E-state index is 0.657. The number of benzene rings is 7. The second-order valence-corrected chi connectivity index (χ2v) is 12.9. The lowest BCUT2D eigenvalue weighted by Crippen LogP contribution is -1.96. The summed E-state index contributed by atoms with van der Waals surface area (Å²) in [5.74, 6) is 0.673. The summed E-state index contributed by atoms with van der Waals surface area (Å²) in [6.07, 6.45) is 3.71. The highest BCUT2D eigenvalue weighted by Gasteiger charge is 2.19. The Bertz CT molecular complexity index is 3090. The van der Waals surface area contributed by atoms with Crippen LogP contribution in [0.1, 0.15) is 5.56 Å². The Balaban J connectivity index is 1.21. The van der Waals surface area contributed by atoms with Crippen molar-refractivity contribution in [3.8, 4) is 51.0 Å². The molecule has 3 heterocycles. The van der Waals surface area contributed by atoms with Crippen LogP contribution in [0, 0.1) is 11.3 Å². The Kier molecular flexibility index (Phi) is 6.80. The van der Waals surface area contributed by atoms with Crippen LogP contribution in [0.25, 0.3) is 99.2 Å². The predicted molar refractivity (Wildman–Crippen MR) is 212 cm³/mol. The first-order chi connectivity index (χ1) is 25.7. The Morgan fingerprint density at radius 2 is 1.02 bits per heavy atom. The molecule has 0 unspecified atom stereocenters. The van der Waals surface area contributed by atoms with Gasteiger partial charge in [0.25, 0.3) is 0 Å². The van der Waals surface area contributed by atoms with E-state index < -0.39 is 0 Å². The normalized spacial score (nSPS) is 11.4. The van der Waals surface area contributed by atoms with Crippen molar-refractivity contribution < 1.29 is 0 Å². The second-order valence-electron chi connectivity index (χ2n) is 12.9. The van der Waals surface area contributed by atoms with Crippen molar-refractivity contribution in [2.24, 2.45) is 0 Å². The zero-order chi connectivity index (χ0) is 34.6. The third-order valence-corrected chi connectivity index (χ3v) is 9.99. The highest BCUT2D eigenvalue weighted by molar-refractivity contribution is 6.23. The lowest BCUT2D eigenvalue weighted by Gasteiger charge is -2.16. The van der Waals surface area contributed by atoms with Gasteiger partial charge >= 0.3 is 0 Å². The summed E-state index contributed by atoms with van der Waals surface area (Å²) in [7, 11) is 0. The van der Waals surface area contributed by atoms with E-state index in [4.69, 9.17) is 19.9 Å². The van der Waals surface area contributed by atoms with E-state index in [1.165, 1.54) is 0 Å². The van der Waals surface area contributed by atoms with E-state index in [1.54, 1.807) is 0 Å². The van der Waals surface area contributed by atoms with E-state index in [0.717, 1.165) is 93.3 Å². The molecule has 0 aliphatic rings. The number of pyridine rings is 2. The van der Waals surface area contributed by atoms with Crippen LogP contribution in [-0.4, -0.2) is 19.9 Å². The van der Waals surface area contributed by atoms with Crippen LogP contribution in [0.4, 0.5) is 0 Å². The van der Waals surface area contributed by atoms with Gasteiger partial charge in [-0.2, -0.15) is 5.26 Å². The van der Waals surface area contributed by atoms with Gasteiger partial charge < -0.3 is 0 Å². The van der Waals surface area contributed by atoms with Crippen molar-refractivity contribution >= 4 is 54.3 Å². The molecule has 0 aliphatic carbocycles. The molecule has 0 amide bonds. The highest BCUT2D eigenvalue weighted by atomic mass is 14.9. The first-order valence-electron chi connectivity index (χ1n) is 17.2. The zero-order valence-corrected chi connectivity index (χ0v) is 27.8. The van der Waals surface area contributed by atoms with Crippen LogP contribution in [0.2, 0.25) is 0 Å². The number of nitriles is 1. The molecule has 5 nitrogen and oxygen atoms in total. The zero-order valence-electron chi connectivity index (χ0n) is 27.8. The molecule has 52 heavy (non-hydrogen) atoms. The average Bonchev–Trinajstić information content (AvgIpc) is 3.22. The fourth-order valence-electron chi connectivity index (χ4n) is 7.61. The van der Waals surface area contributed by atoms with Crippen molar-refractivity contribution in [1.82, 2.24) is 19.9 Å². The predicted octanol–water partition coefficient (Wildman–Crippen LogP) is 11.6. The first-order valence-corrected chi connectivity index (χ1v) is 17.2. The van der Waals surface area contributed by atoms with Crippen LogP contribution < -0.4 is 0 Å². The molecule has 0 N–H and O–H groups in total. The Labute approximate surface area is 299 Å². The monoisotopic (exact) mass is 661 g/mol. The van der Waals surface area contributed by atoms with Gasteiger partial charge in [0, 0.05) is 56.2 Å². The lowest BCUT2D eigenvalue weighted by molar-refractivity contribution is 1.23. The van der Waals surface area contributed by atoms with Gasteiger partial charge in [-0.05, 0) is 69.8 Å². The van der Waals surface area contributed by atoms with Gasteiger partial charge in [-0.25, -0.2) is 9.97 Å². The van der Waals surface area contributed by atoms with E-state index in [9.17, 15) is 5.26 Å². The van der Waals surface area contributed by atoms with Gasteiger partial charge in [0.05, 0.1) is 33.9 Å². The van der Waals surface area contributed by atoms with Gasteiger partial charge in [-0.15, -0.1) is 0 Å². The molecule has 0 radical (unpaired) electrons. The fourth-order valence-corrected chi connectivity index (χ4v) is 7.61. The van der Waals surface area contributed by atoms with Crippen molar-refractivity contribution in [2.45, 2.75) is 0 Å². The molecule has 0 saturated carbocycles. The van der Waals surface area contributed by atoms with Crippen molar-refractivity contribution in [1.29, 1.82) is 5.26 Å².